The Morgan fingerprint density at radius 3 is 2.81 bits per heavy atom. The number of hydrogen-bond donors (Lipinski definition) is 1. The van der Waals surface area contributed by atoms with E-state index in [9.17, 15) is 9.18 Å². The molecule has 0 saturated carbocycles. The fraction of sp³-hybridized carbons (Fsp3) is 0.167. The van der Waals surface area contributed by atoms with Crippen LogP contribution in [0.4, 0.5) is 10.1 Å². The summed E-state index contributed by atoms with van der Waals surface area (Å²) in [5.74, 6) is -0.427. The predicted molar refractivity (Wildman–Crippen MR) is 99.8 cm³/mol. The van der Waals surface area contributed by atoms with Gasteiger partial charge in [0, 0.05) is 11.3 Å². The molecule has 0 aliphatic rings. The molecule has 1 atom stereocenters. The highest BCUT2D eigenvalue weighted by atomic mass is 35.5. The highest BCUT2D eigenvalue weighted by Gasteiger charge is 2.19. The summed E-state index contributed by atoms with van der Waals surface area (Å²) in [5.41, 5.74) is 2.32. The standard InChI is InChI=1S/C18H15ClFN3O2S/c1-10-4-3-5-12(8-10)17-22-23-18(25-17)26-11(2)16(24)21-13-6-7-15(20)14(19)9-13/h3-9,11H,1-2H3,(H,21,24)/t11-/m0/s1. The third-order valence-electron chi connectivity index (χ3n) is 3.51. The molecule has 0 radical (unpaired) electrons. The second-order valence-corrected chi connectivity index (χ2v) is 7.32. The molecule has 8 heteroatoms. The van der Waals surface area contributed by atoms with Gasteiger partial charge in [0.15, 0.2) is 0 Å². The van der Waals surface area contributed by atoms with Crippen LogP contribution in [0.2, 0.25) is 5.02 Å². The molecule has 0 saturated heterocycles. The van der Waals surface area contributed by atoms with Crippen LogP contribution in [0.3, 0.4) is 0 Å². The average molecular weight is 392 g/mol. The van der Waals surface area contributed by atoms with Gasteiger partial charge in [0.1, 0.15) is 5.82 Å². The van der Waals surface area contributed by atoms with E-state index in [4.69, 9.17) is 16.0 Å². The monoisotopic (exact) mass is 391 g/mol. The van der Waals surface area contributed by atoms with E-state index >= 15 is 0 Å². The van der Waals surface area contributed by atoms with E-state index in [1.54, 1.807) is 6.92 Å². The summed E-state index contributed by atoms with van der Waals surface area (Å²) in [7, 11) is 0. The van der Waals surface area contributed by atoms with Gasteiger partial charge in [0.25, 0.3) is 5.22 Å². The van der Waals surface area contributed by atoms with Crippen LogP contribution in [0.25, 0.3) is 11.5 Å². The number of amides is 1. The molecule has 0 fully saturated rings. The van der Waals surface area contributed by atoms with Crippen molar-refractivity contribution in [3.63, 3.8) is 0 Å². The van der Waals surface area contributed by atoms with E-state index in [-0.39, 0.29) is 10.9 Å². The zero-order valence-electron chi connectivity index (χ0n) is 14.0. The van der Waals surface area contributed by atoms with Crippen LogP contribution in [0.15, 0.2) is 52.1 Å². The van der Waals surface area contributed by atoms with Gasteiger partial charge in [-0.25, -0.2) is 4.39 Å². The van der Waals surface area contributed by atoms with Gasteiger partial charge in [-0.3, -0.25) is 4.79 Å². The Balaban J connectivity index is 1.65. The summed E-state index contributed by atoms with van der Waals surface area (Å²) in [5, 5.41) is 10.4. The summed E-state index contributed by atoms with van der Waals surface area (Å²) in [6, 6.07) is 11.7. The summed E-state index contributed by atoms with van der Waals surface area (Å²) in [6.07, 6.45) is 0. The maximum Gasteiger partial charge on any atom is 0.277 e. The van der Waals surface area contributed by atoms with E-state index in [2.05, 4.69) is 15.5 Å². The molecule has 0 unspecified atom stereocenters. The molecule has 26 heavy (non-hydrogen) atoms. The smallest absolute Gasteiger partial charge is 0.277 e. The van der Waals surface area contributed by atoms with Crippen molar-refractivity contribution >= 4 is 35.0 Å². The van der Waals surface area contributed by atoms with Gasteiger partial charge in [-0.2, -0.15) is 0 Å². The zero-order chi connectivity index (χ0) is 18.7. The van der Waals surface area contributed by atoms with E-state index in [1.165, 1.54) is 18.2 Å². The van der Waals surface area contributed by atoms with Crippen LogP contribution in [0.1, 0.15) is 12.5 Å². The zero-order valence-corrected chi connectivity index (χ0v) is 15.6. The number of thioether (sulfide) groups is 1. The minimum atomic E-state index is -0.540. The molecule has 3 rings (SSSR count). The van der Waals surface area contributed by atoms with E-state index in [0.717, 1.165) is 22.9 Å². The molecular weight excluding hydrogens is 377 g/mol. The normalized spacial score (nSPS) is 12.0. The van der Waals surface area contributed by atoms with Crippen LogP contribution in [-0.2, 0) is 4.79 Å². The van der Waals surface area contributed by atoms with Crippen molar-refractivity contribution in [1.82, 2.24) is 10.2 Å². The Labute approximate surface area is 159 Å². The lowest BCUT2D eigenvalue weighted by molar-refractivity contribution is -0.115. The number of aromatic nitrogens is 2. The van der Waals surface area contributed by atoms with Gasteiger partial charge in [-0.15, -0.1) is 10.2 Å². The first kappa shape index (κ1) is 18.4. The number of anilines is 1. The van der Waals surface area contributed by atoms with Gasteiger partial charge < -0.3 is 9.73 Å². The van der Waals surface area contributed by atoms with Gasteiger partial charge >= 0.3 is 0 Å². The van der Waals surface area contributed by atoms with Gasteiger partial charge in [0.05, 0.1) is 10.3 Å². The van der Waals surface area contributed by atoms with Crippen molar-refractivity contribution in [2.75, 3.05) is 5.32 Å². The highest BCUT2D eigenvalue weighted by molar-refractivity contribution is 8.00. The summed E-state index contributed by atoms with van der Waals surface area (Å²) >= 11 is 6.85. The molecule has 2 aromatic carbocycles. The van der Waals surface area contributed by atoms with Crippen molar-refractivity contribution in [3.05, 3.63) is 58.9 Å². The third kappa shape index (κ3) is 4.42. The number of rotatable bonds is 5. The van der Waals surface area contributed by atoms with Gasteiger partial charge in [-0.1, -0.05) is 41.1 Å². The minimum absolute atomic E-state index is 0.0530. The summed E-state index contributed by atoms with van der Waals surface area (Å²) in [4.78, 5) is 12.3. The van der Waals surface area contributed by atoms with Crippen molar-refractivity contribution in [3.8, 4) is 11.5 Å². The number of carbonyl (C=O) groups excluding carboxylic acids is 1. The number of benzene rings is 2. The van der Waals surface area contributed by atoms with Crippen LogP contribution in [0, 0.1) is 12.7 Å². The number of aryl methyl sites for hydroxylation is 1. The van der Waals surface area contributed by atoms with Gasteiger partial charge in [-0.05, 0) is 44.2 Å². The molecule has 3 aromatic rings. The molecule has 5 nitrogen and oxygen atoms in total. The molecule has 1 aromatic heterocycles. The fourth-order valence-corrected chi connectivity index (χ4v) is 3.04. The lowest BCUT2D eigenvalue weighted by Crippen LogP contribution is -2.22. The van der Waals surface area contributed by atoms with Crippen molar-refractivity contribution in [1.29, 1.82) is 0 Å². The SMILES string of the molecule is Cc1cccc(-c2nnc(S[C@@H](C)C(=O)Nc3ccc(F)c(Cl)c3)o2)c1. The largest absolute Gasteiger partial charge is 0.411 e. The lowest BCUT2D eigenvalue weighted by atomic mass is 10.1. The Kier molecular flexibility index (Phi) is 5.58. The quantitative estimate of drug-likeness (QED) is 0.623. The van der Waals surface area contributed by atoms with Crippen LogP contribution in [-0.4, -0.2) is 21.4 Å². The van der Waals surface area contributed by atoms with Crippen molar-refractivity contribution in [2.24, 2.45) is 0 Å². The first-order valence-corrected chi connectivity index (χ1v) is 9.01. The second-order valence-electron chi connectivity index (χ2n) is 5.62. The van der Waals surface area contributed by atoms with Crippen molar-refractivity contribution in [2.45, 2.75) is 24.3 Å². The Hall–Kier alpha value is -2.38. The number of nitrogens with one attached hydrogen (secondary N) is 1. The van der Waals surface area contributed by atoms with E-state index < -0.39 is 11.1 Å². The van der Waals surface area contributed by atoms with Crippen molar-refractivity contribution < 1.29 is 13.6 Å². The predicted octanol–water partition coefficient (Wildman–Crippen LogP) is 4.96. The van der Waals surface area contributed by atoms with E-state index in [0.29, 0.717) is 16.8 Å². The number of carbonyl (C=O) groups is 1. The average Bonchev–Trinajstić information content (AvgIpc) is 3.06. The third-order valence-corrected chi connectivity index (χ3v) is 4.73. The fourth-order valence-electron chi connectivity index (χ4n) is 2.17. The number of hydrogen-bond acceptors (Lipinski definition) is 5. The lowest BCUT2D eigenvalue weighted by Gasteiger charge is -2.10. The highest BCUT2D eigenvalue weighted by Crippen LogP contribution is 2.27. The Morgan fingerprint density at radius 1 is 1.27 bits per heavy atom. The molecule has 0 aliphatic heterocycles. The first-order chi connectivity index (χ1) is 12.4. The maximum absolute atomic E-state index is 13.2. The number of halogens is 2. The Morgan fingerprint density at radius 2 is 2.08 bits per heavy atom. The summed E-state index contributed by atoms with van der Waals surface area (Å²) in [6.45, 7) is 3.69. The second kappa shape index (κ2) is 7.88. The molecule has 0 spiro atoms. The molecule has 1 N–H and O–H groups in total. The topological polar surface area (TPSA) is 68.0 Å². The van der Waals surface area contributed by atoms with Crippen LogP contribution in [0.5, 0.6) is 0 Å². The first-order valence-electron chi connectivity index (χ1n) is 7.75. The Bertz CT molecular complexity index is 948. The molecule has 1 heterocycles. The minimum Gasteiger partial charge on any atom is -0.411 e. The number of nitrogens with zero attached hydrogens (tertiary/aromatic N) is 2. The molecular formula is C18H15ClFN3O2S. The molecule has 0 bridgehead atoms. The molecule has 134 valence electrons. The van der Waals surface area contributed by atoms with Crippen LogP contribution >= 0.6 is 23.4 Å². The van der Waals surface area contributed by atoms with Crippen LogP contribution < -0.4 is 5.32 Å². The van der Waals surface area contributed by atoms with Gasteiger partial charge in [0.2, 0.25) is 11.8 Å². The van der Waals surface area contributed by atoms with E-state index in [1.807, 2.05) is 31.2 Å². The molecule has 0 aliphatic carbocycles. The summed E-state index contributed by atoms with van der Waals surface area (Å²) < 4.78 is 18.8. The maximum atomic E-state index is 13.2. The molecule has 1 amide bonds.